The van der Waals surface area contributed by atoms with Gasteiger partial charge in [-0.15, -0.1) is 0 Å². The highest BCUT2D eigenvalue weighted by Crippen LogP contribution is 2.28. The summed E-state index contributed by atoms with van der Waals surface area (Å²) >= 11 is 0. The van der Waals surface area contributed by atoms with Gasteiger partial charge in [0.15, 0.2) is 0 Å². The maximum absolute atomic E-state index is 10.6. The highest BCUT2D eigenvalue weighted by molar-refractivity contribution is 5.73. The molecule has 1 atom stereocenters. The lowest BCUT2D eigenvalue weighted by molar-refractivity contribution is -0.149. The van der Waals surface area contributed by atoms with E-state index in [1.807, 2.05) is 13.8 Å². The molecule has 0 fully saturated rings. The minimum Gasteiger partial charge on any atom is -0.481 e. The fraction of sp³-hybridized carbons (Fsp3) is 0.875. The van der Waals surface area contributed by atoms with Gasteiger partial charge in [0.25, 0.3) is 0 Å². The first-order chi connectivity index (χ1) is 4.42. The zero-order valence-electron chi connectivity index (χ0n) is 7.14. The Bertz CT molecular complexity index is 127. The van der Waals surface area contributed by atoms with Crippen LogP contribution in [0.4, 0.5) is 0 Å². The molecule has 10 heavy (non-hydrogen) atoms. The number of carboxylic acids is 1. The molecule has 0 aromatic rings. The van der Waals surface area contributed by atoms with Gasteiger partial charge in [0, 0.05) is 0 Å². The second-order valence-electron chi connectivity index (χ2n) is 3.34. The van der Waals surface area contributed by atoms with E-state index in [1.54, 1.807) is 13.8 Å². The van der Waals surface area contributed by atoms with Crippen molar-refractivity contribution < 1.29 is 9.90 Å². The van der Waals surface area contributed by atoms with Gasteiger partial charge in [-0.2, -0.15) is 0 Å². The normalized spacial score (nSPS) is 14.8. The first-order valence-corrected chi connectivity index (χ1v) is 3.66. The van der Waals surface area contributed by atoms with Crippen LogP contribution in [-0.4, -0.2) is 11.1 Å². The van der Waals surface area contributed by atoms with Crippen LogP contribution in [0.2, 0.25) is 0 Å². The topological polar surface area (TPSA) is 37.3 Å². The summed E-state index contributed by atoms with van der Waals surface area (Å²) in [5.74, 6) is -0.466. The van der Waals surface area contributed by atoms with Crippen molar-refractivity contribution in [3.63, 3.8) is 0 Å². The van der Waals surface area contributed by atoms with Crippen LogP contribution in [-0.2, 0) is 4.79 Å². The van der Waals surface area contributed by atoms with E-state index in [2.05, 4.69) is 0 Å². The number of carbonyl (C=O) groups is 1. The van der Waals surface area contributed by atoms with Gasteiger partial charge in [-0.25, -0.2) is 0 Å². The van der Waals surface area contributed by atoms with Gasteiger partial charge in [0.1, 0.15) is 0 Å². The van der Waals surface area contributed by atoms with Gasteiger partial charge in [-0.3, -0.25) is 4.79 Å². The van der Waals surface area contributed by atoms with Gasteiger partial charge in [-0.1, -0.05) is 20.3 Å². The van der Waals surface area contributed by atoms with E-state index in [9.17, 15) is 4.79 Å². The third-order valence-electron chi connectivity index (χ3n) is 2.40. The molecule has 0 saturated heterocycles. The van der Waals surface area contributed by atoms with Crippen molar-refractivity contribution in [2.75, 3.05) is 0 Å². The van der Waals surface area contributed by atoms with Gasteiger partial charge in [0.2, 0.25) is 0 Å². The van der Waals surface area contributed by atoms with E-state index in [-0.39, 0.29) is 5.92 Å². The molecule has 0 amide bonds. The van der Waals surface area contributed by atoms with E-state index >= 15 is 0 Å². The zero-order valence-corrected chi connectivity index (χ0v) is 7.14. The molecule has 0 rings (SSSR count). The van der Waals surface area contributed by atoms with Crippen LogP contribution >= 0.6 is 0 Å². The standard InChI is InChI=1S/C8H16O2/c1-5-6(2)8(3,4)7(9)10/h6H,5H2,1-4H3,(H,9,10). The number of hydrogen-bond acceptors (Lipinski definition) is 1. The molecule has 0 spiro atoms. The maximum atomic E-state index is 10.6. The lowest BCUT2D eigenvalue weighted by Crippen LogP contribution is -2.30. The van der Waals surface area contributed by atoms with Gasteiger partial charge >= 0.3 is 5.97 Å². The number of rotatable bonds is 3. The second-order valence-corrected chi connectivity index (χ2v) is 3.34. The third kappa shape index (κ3) is 1.72. The van der Waals surface area contributed by atoms with Gasteiger partial charge in [0.05, 0.1) is 5.41 Å². The molecular weight excluding hydrogens is 128 g/mol. The Labute approximate surface area is 62.2 Å². The van der Waals surface area contributed by atoms with Crippen molar-refractivity contribution in [1.29, 1.82) is 0 Å². The second kappa shape index (κ2) is 3.04. The molecule has 0 heterocycles. The van der Waals surface area contributed by atoms with Crippen LogP contribution in [0.15, 0.2) is 0 Å². The van der Waals surface area contributed by atoms with E-state index < -0.39 is 11.4 Å². The van der Waals surface area contributed by atoms with Crippen LogP contribution in [0.25, 0.3) is 0 Å². The molecule has 60 valence electrons. The average molecular weight is 144 g/mol. The summed E-state index contributed by atoms with van der Waals surface area (Å²) in [6.07, 6.45) is 0.916. The van der Waals surface area contributed by atoms with Crippen LogP contribution < -0.4 is 0 Å². The Kier molecular flexibility index (Phi) is 2.88. The zero-order chi connectivity index (χ0) is 8.36. The Morgan fingerprint density at radius 2 is 2.00 bits per heavy atom. The largest absolute Gasteiger partial charge is 0.481 e. The summed E-state index contributed by atoms with van der Waals surface area (Å²) in [5, 5.41) is 8.74. The molecule has 1 unspecified atom stereocenters. The van der Waals surface area contributed by atoms with Crippen LogP contribution in [0.5, 0.6) is 0 Å². The summed E-state index contributed by atoms with van der Waals surface area (Å²) in [6.45, 7) is 7.51. The highest BCUT2D eigenvalue weighted by Gasteiger charge is 2.32. The Hall–Kier alpha value is -0.530. The summed E-state index contributed by atoms with van der Waals surface area (Å²) in [5.41, 5.74) is -0.575. The Morgan fingerprint density at radius 3 is 2.10 bits per heavy atom. The van der Waals surface area contributed by atoms with E-state index in [4.69, 9.17) is 5.11 Å². The van der Waals surface area contributed by atoms with Crippen molar-refractivity contribution in [2.45, 2.75) is 34.1 Å². The SMILES string of the molecule is CCC(C)C(C)(C)C(=O)O. The smallest absolute Gasteiger partial charge is 0.309 e. The van der Waals surface area contributed by atoms with Gasteiger partial charge in [-0.05, 0) is 19.8 Å². The molecule has 0 aliphatic heterocycles. The predicted molar refractivity (Wildman–Crippen MR) is 40.9 cm³/mol. The minimum absolute atomic E-state index is 0.241. The van der Waals surface area contributed by atoms with E-state index in [0.717, 1.165) is 6.42 Å². The first kappa shape index (κ1) is 9.47. The Morgan fingerprint density at radius 1 is 1.60 bits per heavy atom. The lowest BCUT2D eigenvalue weighted by atomic mass is 9.79. The summed E-state index contributed by atoms with van der Waals surface area (Å²) in [7, 11) is 0. The van der Waals surface area contributed by atoms with Crippen LogP contribution in [0, 0.1) is 11.3 Å². The summed E-state index contributed by atoms with van der Waals surface area (Å²) in [6, 6.07) is 0. The van der Waals surface area contributed by atoms with E-state index in [0.29, 0.717) is 0 Å². The molecule has 0 aromatic carbocycles. The predicted octanol–water partition coefficient (Wildman–Crippen LogP) is 2.14. The van der Waals surface area contributed by atoms with Crippen LogP contribution in [0.1, 0.15) is 34.1 Å². The quantitative estimate of drug-likeness (QED) is 0.659. The molecule has 0 radical (unpaired) electrons. The monoisotopic (exact) mass is 144 g/mol. The summed E-state index contributed by atoms with van der Waals surface area (Å²) in [4.78, 5) is 10.6. The fourth-order valence-corrected chi connectivity index (χ4v) is 0.721. The number of aliphatic carboxylic acids is 1. The van der Waals surface area contributed by atoms with E-state index in [1.165, 1.54) is 0 Å². The summed E-state index contributed by atoms with van der Waals surface area (Å²) < 4.78 is 0. The number of hydrogen-bond donors (Lipinski definition) is 1. The molecule has 0 saturated carbocycles. The molecule has 1 N–H and O–H groups in total. The molecule has 0 aliphatic carbocycles. The Balaban J connectivity index is 4.23. The fourth-order valence-electron chi connectivity index (χ4n) is 0.721. The van der Waals surface area contributed by atoms with Crippen LogP contribution in [0.3, 0.4) is 0 Å². The maximum Gasteiger partial charge on any atom is 0.309 e. The molecule has 0 bridgehead atoms. The van der Waals surface area contributed by atoms with Crippen molar-refractivity contribution in [3.8, 4) is 0 Å². The van der Waals surface area contributed by atoms with Crippen molar-refractivity contribution in [2.24, 2.45) is 11.3 Å². The first-order valence-electron chi connectivity index (χ1n) is 3.66. The molecular formula is C8H16O2. The lowest BCUT2D eigenvalue weighted by Gasteiger charge is -2.25. The molecule has 0 aromatic heterocycles. The average Bonchev–Trinajstić information content (AvgIpc) is 1.86. The molecule has 2 nitrogen and oxygen atoms in total. The third-order valence-corrected chi connectivity index (χ3v) is 2.40. The highest BCUT2D eigenvalue weighted by atomic mass is 16.4. The molecule has 2 heteroatoms. The number of carboxylic acid groups (broad SMARTS) is 1. The minimum atomic E-state index is -0.707. The van der Waals surface area contributed by atoms with Crippen molar-refractivity contribution in [3.05, 3.63) is 0 Å². The van der Waals surface area contributed by atoms with Gasteiger partial charge < -0.3 is 5.11 Å². The molecule has 0 aliphatic rings. The van der Waals surface area contributed by atoms with Crippen molar-refractivity contribution in [1.82, 2.24) is 0 Å². The van der Waals surface area contributed by atoms with Crippen molar-refractivity contribution >= 4 is 5.97 Å².